The van der Waals surface area contributed by atoms with Crippen molar-refractivity contribution in [3.63, 3.8) is 0 Å². The second-order valence-corrected chi connectivity index (χ2v) is 10.5. The van der Waals surface area contributed by atoms with E-state index in [0.717, 1.165) is 10.6 Å². The largest absolute Gasteiger partial charge is 0.497 e. The number of piperidine rings is 1. The number of hydrogen-bond acceptors (Lipinski definition) is 4. The summed E-state index contributed by atoms with van der Waals surface area (Å²) in [6.07, 6.45) is 6.25. The number of amides is 2. The Morgan fingerprint density at radius 3 is 2.29 bits per heavy atom. The zero-order valence-electron chi connectivity index (χ0n) is 22.1. The number of ether oxygens (including phenoxy) is 2. The molecule has 2 atom stereocenters. The molecule has 2 heterocycles. The van der Waals surface area contributed by atoms with Gasteiger partial charge in [0.15, 0.2) is 0 Å². The van der Waals surface area contributed by atoms with Gasteiger partial charge in [0, 0.05) is 33.3 Å². The van der Waals surface area contributed by atoms with Gasteiger partial charge in [0.2, 0.25) is 11.8 Å². The van der Waals surface area contributed by atoms with Gasteiger partial charge in [0.05, 0.1) is 13.2 Å². The van der Waals surface area contributed by atoms with E-state index in [0.29, 0.717) is 45.5 Å². The van der Waals surface area contributed by atoms with Crippen molar-refractivity contribution in [2.24, 2.45) is 0 Å². The average Bonchev–Trinajstić information content (AvgIpc) is 3.25. The molecule has 2 amide bonds. The third-order valence-electron chi connectivity index (χ3n) is 7.17. The lowest BCUT2D eigenvalue weighted by atomic mass is 9.67. The Morgan fingerprint density at radius 2 is 1.63 bits per heavy atom. The van der Waals surface area contributed by atoms with Crippen molar-refractivity contribution in [2.45, 2.75) is 24.3 Å². The number of fused-ring (bicyclic) bond motifs is 2. The van der Waals surface area contributed by atoms with Crippen LogP contribution in [0.15, 0.2) is 91.0 Å². The first-order valence-electron chi connectivity index (χ1n) is 12.9. The van der Waals surface area contributed by atoms with E-state index in [1.165, 1.54) is 0 Å². The minimum atomic E-state index is -1.03. The number of terminal acetylenes is 1. The number of halogens is 2. The first-order valence-corrected chi connectivity index (χ1v) is 13.6. The van der Waals surface area contributed by atoms with E-state index in [9.17, 15) is 9.59 Å². The molecular formula is C33H26Cl2N2O4. The van der Waals surface area contributed by atoms with Gasteiger partial charge in [-0.3, -0.25) is 9.59 Å². The van der Waals surface area contributed by atoms with Gasteiger partial charge in [-0.25, -0.2) is 0 Å². The van der Waals surface area contributed by atoms with E-state index < -0.39 is 11.5 Å². The maximum atomic E-state index is 13.5. The summed E-state index contributed by atoms with van der Waals surface area (Å²) in [5, 5.41) is 7.31. The molecule has 4 aromatic carbocycles. The molecule has 1 spiro atoms. The normalized spacial score (nSPS) is 18.7. The molecule has 6 rings (SSSR count). The second kappa shape index (κ2) is 12.0. The molecule has 4 aromatic rings. The molecule has 2 aliphatic heterocycles. The van der Waals surface area contributed by atoms with Crippen LogP contribution in [0.2, 0.25) is 10.0 Å². The van der Waals surface area contributed by atoms with Crippen molar-refractivity contribution in [1.82, 2.24) is 5.32 Å². The summed E-state index contributed by atoms with van der Waals surface area (Å²) >= 11 is 11.7. The van der Waals surface area contributed by atoms with Gasteiger partial charge in [-0.15, -0.1) is 6.42 Å². The van der Waals surface area contributed by atoms with Gasteiger partial charge >= 0.3 is 0 Å². The van der Waals surface area contributed by atoms with Crippen LogP contribution in [0.25, 0.3) is 0 Å². The highest BCUT2D eigenvalue weighted by Crippen LogP contribution is 2.53. The van der Waals surface area contributed by atoms with Gasteiger partial charge in [-0.2, -0.15) is 0 Å². The monoisotopic (exact) mass is 584 g/mol. The minimum Gasteiger partial charge on any atom is -0.497 e. The fourth-order valence-electron chi connectivity index (χ4n) is 5.20. The average molecular weight is 585 g/mol. The fraction of sp³-hybridized carbons (Fsp3) is 0.152. The van der Waals surface area contributed by atoms with Crippen molar-refractivity contribution in [2.75, 3.05) is 12.4 Å². The highest BCUT2D eigenvalue weighted by atomic mass is 35.5. The van der Waals surface area contributed by atoms with E-state index in [-0.39, 0.29) is 18.2 Å². The summed E-state index contributed by atoms with van der Waals surface area (Å²) in [5.41, 5.74) is 1.64. The fourth-order valence-corrected chi connectivity index (χ4v) is 5.51. The molecule has 0 bridgehead atoms. The molecule has 0 unspecified atom stereocenters. The van der Waals surface area contributed by atoms with Crippen LogP contribution in [0.4, 0.5) is 5.69 Å². The summed E-state index contributed by atoms with van der Waals surface area (Å²) in [7, 11) is 1.59. The predicted octanol–water partition coefficient (Wildman–Crippen LogP) is 7.30. The SMILES string of the molecule is C#Cc1ccc(Oc2ccc(OC)cc2)c([C@H]2NC(=O)CC[C@]23C(=O)Nc2cc(Cl)ccc23)c1.Clc1ccccc1. The molecule has 0 aliphatic carbocycles. The minimum absolute atomic E-state index is 0.146. The number of carbonyl (C=O) groups excluding carboxylic acids is 2. The van der Waals surface area contributed by atoms with Crippen LogP contribution in [0.3, 0.4) is 0 Å². The van der Waals surface area contributed by atoms with Gasteiger partial charge in [-0.05, 0) is 78.7 Å². The highest BCUT2D eigenvalue weighted by molar-refractivity contribution is 6.31. The molecule has 1 saturated heterocycles. The summed E-state index contributed by atoms with van der Waals surface area (Å²) in [4.78, 5) is 26.1. The number of carbonyl (C=O) groups is 2. The highest BCUT2D eigenvalue weighted by Gasteiger charge is 2.56. The van der Waals surface area contributed by atoms with E-state index in [1.807, 2.05) is 36.4 Å². The van der Waals surface area contributed by atoms with E-state index in [4.69, 9.17) is 39.1 Å². The Morgan fingerprint density at radius 1 is 0.902 bits per heavy atom. The zero-order valence-corrected chi connectivity index (χ0v) is 23.6. The molecule has 2 N–H and O–H groups in total. The molecule has 2 aliphatic rings. The van der Waals surface area contributed by atoms with Crippen molar-refractivity contribution in [3.8, 4) is 29.6 Å². The van der Waals surface area contributed by atoms with Crippen LogP contribution < -0.4 is 20.1 Å². The van der Waals surface area contributed by atoms with Gasteiger partial charge in [-0.1, -0.05) is 53.4 Å². The molecule has 0 aromatic heterocycles. The number of rotatable bonds is 4. The van der Waals surface area contributed by atoms with Crippen molar-refractivity contribution in [3.05, 3.63) is 118 Å². The number of hydrogen-bond donors (Lipinski definition) is 2. The smallest absolute Gasteiger partial charge is 0.237 e. The maximum absolute atomic E-state index is 13.5. The third-order valence-corrected chi connectivity index (χ3v) is 7.66. The summed E-state index contributed by atoms with van der Waals surface area (Å²) in [6, 6.07) is 26.5. The van der Waals surface area contributed by atoms with E-state index >= 15 is 0 Å². The molecule has 0 saturated carbocycles. The van der Waals surface area contributed by atoms with Gasteiger partial charge in [0.1, 0.15) is 22.7 Å². The molecule has 0 radical (unpaired) electrons. The Hall–Kier alpha value is -4.44. The van der Waals surface area contributed by atoms with Crippen LogP contribution in [0.1, 0.15) is 35.6 Å². The van der Waals surface area contributed by atoms with Gasteiger partial charge < -0.3 is 20.1 Å². The standard InChI is InChI=1S/C27H21ClN2O4.C6H5Cl/c1-3-16-4-11-23(34-19-8-6-18(33-2)7-9-19)20(14-16)25-27(13-12-24(31)30-25)21-10-5-17(28)15-22(21)29-26(27)32;7-6-4-2-1-3-5-6/h1,4-11,14-15,25H,12-13H2,2H3,(H,29,32)(H,30,31);1-5H/t25-,27-;/m1./s1. The van der Waals surface area contributed by atoms with Crippen LogP contribution in [-0.4, -0.2) is 18.9 Å². The number of methoxy groups -OCH3 is 1. The quantitative estimate of drug-likeness (QED) is 0.247. The molecular weight excluding hydrogens is 559 g/mol. The number of benzene rings is 4. The van der Waals surface area contributed by atoms with Crippen molar-refractivity contribution >= 4 is 40.7 Å². The van der Waals surface area contributed by atoms with E-state index in [1.54, 1.807) is 61.7 Å². The van der Waals surface area contributed by atoms with Crippen LogP contribution >= 0.6 is 23.2 Å². The lowest BCUT2D eigenvalue weighted by Gasteiger charge is -2.40. The molecule has 1 fully saturated rings. The van der Waals surface area contributed by atoms with Crippen LogP contribution in [-0.2, 0) is 15.0 Å². The van der Waals surface area contributed by atoms with Crippen molar-refractivity contribution in [1.29, 1.82) is 0 Å². The lowest BCUT2D eigenvalue weighted by molar-refractivity contribution is -0.130. The lowest BCUT2D eigenvalue weighted by Crippen LogP contribution is -2.52. The summed E-state index contributed by atoms with van der Waals surface area (Å²) in [5.74, 6) is 4.06. The Bertz CT molecular complexity index is 1630. The van der Waals surface area contributed by atoms with Gasteiger partial charge in [0.25, 0.3) is 0 Å². The van der Waals surface area contributed by atoms with Crippen LogP contribution in [0.5, 0.6) is 17.2 Å². The topological polar surface area (TPSA) is 76.7 Å². The summed E-state index contributed by atoms with van der Waals surface area (Å²) in [6.45, 7) is 0. The van der Waals surface area contributed by atoms with Crippen molar-refractivity contribution < 1.29 is 19.1 Å². The van der Waals surface area contributed by atoms with Crippen LogP contribution in [0, 0.1) is 12.3 Å². The Kier molecular flexibility index (Phi) is 8.21. The first kappa shape index (κ1) is 28.1. The molecule has 41 heavy (non-hydrogen) atoms. The predicted molar refractivity (Wildman–Crippen MR) is 161 cm³/mol. The number of anilines is 1. The molecule has 206 valence electrons. The Balaban J connectivity index is 0.000000423. The summed E-state index contributed by atoms with van der Waals surface area (Å²) < 4.78 is 11.4. The first-order chi connectivity index (χ1) is 19.8. The second-order valence-electron chi connectivity index (χ2n) is 9.59. The maximum Gasteiger partial charge on any atom is 0.237 e. The Labute approximate surface area is 248 Å². The third kappa shape index (κ3) is 5.74. The molecule has 6 nitrogen and oxygen atoms in total. The number of nitrogens with one attached hydrogen (secondary N) is 2. The molecule has 8 heteroatoms. The zero-order chi connectivity index (χ0) is 29.0. The van der Waals surface area contributed by atoms with E-state index in [2.05, 4.69) is 16.6 Å².